The molecule has 6 atom stereocenters. The van der Waals surface area contributed by atoms with E-state index >= 15 is 0 Å². The van der Waals surface area contributed by atoms with E-state index in [-0.39, 0.29) is 24.6 Å². The first kappa shape index (κ1) is 27.9. The molecule has 0 aromatic rings. The van der Waals surface area contributed by atoms with E-state index in [0.717, 1.165) is 19.4 Å². The van der Waals surface area contributed by atoms with Gasteiger partial charge in [0.25, 0.3) is 0 Å². The molecule has 0 aromatic heterocycles. The van der Waals surface area contributed by atoms with Gasteiger partial charge in [-0.3, -0.25) is 9.59 Å². The van der Waals surface area contributed by atoms with Gasteiger partial charge in [-0.25, -0.2) is 0 Å². The van der Waals surface area contributed by atoms with Crippen molar-refractivity contribution in [3.8, 4) is 0 Å². The number of ketones is 1. The van der Waals surface area contributed by atoms with Crippen molar-refractivity contribution in [2.45, 2.75) is 77.1 Å². The van der Waals surface area contributed by atoms with E-state index in [2.05, 4.69) is 30.5 Å². The number of nitrogens with zero attached hydrogens (tertiary/aromatic N) is 2. The molecule has 0 unspecified atom stereocenters. The molecule has 33 heavy (non-hydrogen) atoms. The molecule has 2 saturated heterocycles. The Labute approximate surface area is 199 Å². The lowest BCUT2D eigenvalue weighted by Gasteiger charge is -2.41. The summed E-state index contributed by atoms with van der Waals surface area (Å²) in [5, 5.41) is 0. The molecule has 8 heteroatoms. The van der Waals surface area contributed by atoms with Gasteiger partial charge in [-0.05, 0) is 67.7 Å². The molecule has 2 aliphatic rings. The normalized spacial score (nSPS) is 35.3. The first-order chi connectivity index (χ1) is 15.5. The third-order valence-corrected chi connectivity index (χ3v) is 6.93. The van der Waals surface area contributed by atoms with Gasteiger partial charge in [-0.15, -0.1) is 6.58 Å². The first-order valence-corrected chi connectivity index (χ1v) is 12.0. The van der Waals surface area contributed by atoms with Gasteiger partial charge < -0.3 is 28.7 Å². The van der Waals surface area contributed by atoms with Crippen LogP contribution in [0.3, 0.4) is 0 Å². The number of esters is 1. The second-order valence-corrected chi connectivity index (χ2v) is 10.2. The number of carbonyl (C=O) groups is 2. The van der Waals surface area contributed by atoms with Crippen molar-refractivity contribution >= 4 is 11.8 Å². The van der Waals surface area contributed by atoms with Crippen molar-refractivity contribution in [1.29, 1.82) is 0 Å². The number of Topliss-reactive ketones (excluding diaryl/α,β-unsaturated/α-hetero) is 1. The van der Waals surface area contributed by atoms with Crippen molar-refractivity contribution < 1.29 is 28.5 Å². The van der Waals surface area contributed by atoms with Gasteiger partial charge in [0.2, 0.25) is 0 Å². The molecule has 0 radical (unpaired) electrons. The van der Waals surface area contributed by atoms with Crippen molar-refractivity contribution in [3.63, 3.8) is 0 Å². The molecule has 2 heterocycles. The molecule has 0 amide bonds. The summed E-state index contributed by atoms with van der Waals surface area (Å²) in [5.41, 5.74) is -1.34. The quantitative estimate of drug-likeness (QED) is 0.346. The molecule has 8 nitrogen and oxygen atoms in total. The van der Waals surface area contributed by atoms with Crippen molar-refractivity contribution in [2.24, 2.45) is 11.3 Å². The molecule has 2 fully saturated rings. The molecule has 2 rings (SSSR count). The second kappa shape index (κ2) is 12.4. The minimum Gasteiger partial charge on any atom is -0.464 e. The van der Waals surface area contributed by atoms with Crippen LogP contribution in [0.25, 0.3) is 0 Å². The highest BCUT2D eigenvalue weighted by Gasteiger charge is 2.46. The maximum atomic E-state index is 13.7. The number of rotatable bonds is 5. The predicted molar refractivity (Wildman–Crippen MR) is 127 cm³/mol. The van der Waals surface area contributed by atoms with Gasteiger partial charge >= 0.3 is 5.97 Å². The Balaban J connectivity index is 2.38. The Morgan fingerprint density at radius 1 is 1.21 bits per heavy atom. The van der Waals surface area contributed by atoms with Crippen LogP contribution in [0.1, 0.15) is 46.5 Å². The molecule has 0 bridgehead atoms. The average molecular weight is 469 g/mol. The third-order valence-electron chi connectivity index (χ3n) is 6.93. The lowest BCUT2D eigenvalue weighted by molar-refractivity contribution is -0.244. The van der Waals surface area contributed by atoms with E-state index in [1.54, 1.807) is 27.0 Å². The number of cyclic esters (lactones) is 1. The van der Waals surface area contributed by atoms with Crippen LogP contribution in [-0.4, -0.2) is 100 Å². The summed E-state index contributed by atoms with van der Waals surface area (Å²) in [6.07, 6.45) is 3.32. The molecule has 0 spiro atoms. The minimum absolute atomic E-state index is 0.0323. The lowest BCUT2D eigenvalue weighted by atomic mass is 9.77. The molecule has 190 valence electrons. The second-order valence-electron chi connectivity index (χ2n) is 10.2. The van der Waals surface area contributed by atoms with E-state index < -0.39 is 29.7 Å². The van der Waals surface area contributed by atoms with E-state index in [4.69, 9.17) is 18.9 Å². The summed E-state index contributed by atoms with van der Waals surface area (Å²) >= 11 is 0. The maximum absolute atomic E-state index is 13.7. The molecular formula is C25H44N2O6. The topological polar surface area (TPSA) is 77.5 Å². The zero-order chi connectivity index (χ0) is 24.8. The van der Waals surface area contributed by atoms with Crippen LogP contribution in [0, 0.1) is 11.3 Å². The monoisotopic (exact) mass is 468 g/mol. The molecule has 0 N–H and O–H groups in total. The van der Waals surface area contributed by atoms with Crippen molar-refractivity contribution in [3.05, 3.63) is 12.7 Å². The Morgan fingerprint density at radius 3 is 2.52 bits per heavy atom. The average Bonchev–Trinajstić information content (AvgIpc) is 2.75. The smallest absolute Gasteiger partial charge is 0.319 e. The molecular weight excluding hydrogens is 424 g/mol. The largest absolute Gasteiger partial charge is 0.464 e. The van der Waals surface area contributed by atoms with Crippen LogP contribution >= 0.6 is 0 Å². The Morgan fingerprint density at radius 2 is 1.91 bits per heavy atom. The van der Waals surface area contributed by atoms with E-state index in [1.807, 2.05) is 14.0 Å². The molecule has 2 aliphatic heterocycles. The fourth-order valence-electron chi connectivity index (χ4n) is 4.63. The number of carbonyl (C=O) groups excluding carboxylic acids is 2. The lowest BCUT2D eigenvalue weighted by Crippen LogP contribution is -2.50. The van der Waals surface area contributed by atoms with Crippen molar-refractivity contribution in [2.75, 3.05) is 47.9 Å². The van der Waals surface area contributed by atoms with E-state index in [9.17, 15) is 9.59 Å². The number of hydrogen-bond acceptors (Lipinski definition) is 8. The highest BCUT2D eigenvalue weighted by molar-refractivity contribution is 6.04. The molecule has 0 aromatic carbocycles. The van der Waals surface area contributed by atoms with Gasteiger partial charge in [-0.2, -0.15) is 0 Å². The number of ether oxygens (including phenoxy) is 4. The van der Waals surface area contributed by atoms with Crippen LogP contribution in [0.5, 0.6) is 0 Å². The molecule has 0 saturated carbocycles. The van der Waals surface area contributed by atoms with Gasteiger partial charge in [0.15, 0.2) is 12.1 Å². The summed E-state index contributed by atoms with van der Waals surface area (Å²) in [6, 6.07) is 0.312. The molecule has 0 aliphatic carbocycles. The standard InChI is InChI=1S/C25H44N2O6/c1-9-19-22(33-21-16-18(26(5)6)15-17(2)32-21)20(30-8)11-10-12-27(7)13-14-31-24(29)25(3,4)23(19)28/h9,17-22H,1,10-16H2,2-8H3/t17-,18+,19-,20-,21+,22-/m1/s1. The Kier molecular flexibility index (Phi) is 10.5. The zero-order valence-electron chi connectivity index (χ0n) is 21.5. The van der Waals surface area contributed by atoms with Crippen LogP contribution in [0.2, 0.25) is 0 Å². The van der Waals surface area contributed by atoms with E-state index in [1.165, 1.54) is 0 Å². The fourth-order valence-corrected chi connectivity index (χ4v) is 4.63. The van der Waals surface area contributed by atoms with Crippen LogP contribution in [-0.2, 0) is 28.5 Å². The minimum atomic E-state index is -1.34. The maximum Gasteiger partial charge on any atom is 0.319 e. The highest BCUT2D eigenvalue weighted by atomic mass is 16.7. The predicted octanol–water partition coefficient (Wildman–Crippen LogP) is 2.51. The van der Waals surface area contributed by atoms with Gasteiger partial charge in [0.05, 0.1) is 24.2 Å². The fraction of sp³-hybridized carbons (Fsp3) is 0.840. The van der Waals surface area contributed by atoms with Crippen LogP contribution < -0.4 is 0 Å². The third kappa shape index (κ3) is 7.33. The van der Waals surface area contributed by atoms with Gasteiger partial charge in [-0.1, -0.05) is 6.08 Å². The summed E-state index contributed by atoms with van der Waals surface area (Å²) < 4.78 is 24.0. The van der Waals surface area contributed by atoms with Crippen LogP contribution in [0.15, 0.2) is 12.7 Å². The zero-order valence-corrected chi connectivity index (χ0v) is 21.5. The Bertz CT molecular complexity index is 667. The number of methoxy groups -OCH3 is 1. The van der Waals surface area contributed by atoms with Crippen molar-refractivity contribution in [1.82, 2.24) is 9.80 Å². The van der Waals surface area contributed by atoms with Crippen LogP contribution in [0.4, 0.5) is 0 Å². The SMILES string of the molecule is C=C[C@H]1C(=O)C(C)(C)C(=O)OCCN(C)CCC[C@@H](OC)[C@@H]1O[C@H]1C[C@@H](N(C)C)C[C@@H](C)O1. The van der Waals surface area contributed by atoms with E-state index in [0.29, 0.717) is 25.4 Å². The highest BCUT2D eigenvalue weighted by Crippen LogP contribution is 2.33. The van der Waals surface area contributed by atoms with Gasteiger partial charge in [0.1, 0.15) is 12.0 Å². The first-order valence-electron chi connectivity index (χ1n) is 12.0. The van der Waals surface area contributed by atoms with Gasteiger partial charge in [0, 0.05) is 26.1 Å². The summed E-state index contributed by atoms with van der Waals surface area (Å²) in [4.78, 5) is 30.8. The summed E-state index contributed by atoms with van der Waals surface area (Å²) in [7, 11) is 7.74. The number of likely N-dealkylation sites (N-methyl/N-ethyl adjacent to an activating group) is 1. The number of hydrogen-bond donors (Lipinski definition) is 0. The Hall–Kier alpha value is -1.32. The summed E-state index contributed by atoms with van der Waals surface area (Å²) in [5.74, 6) is -1.56. The summed E-state index contributed by atoms with van der Waals surface area (Å²) in [6.45, 7) is 10.9.